The number of nitrogens with one attached hydrogen (secondary N) is 1. The summed E-state index contributed by atoms with van der Waals surface area (Å²) in [5, 5.41) is 3.08. The molecule has 0 saturated carbocycles. The molecule has 1 aromatic rings. The molecule has 0 aliphatic rings. The van der Waals surface area contributed by atoms with Crippen molar-refractivity contribution in [1.82, 2.24) is 14.9 Å². The van der Waals surface area contributed by atoms with Gasteiger partial charge in [0, 0.05) is 31.6 Å². The maximum absolute atomic E-state index is 11.9. The second-order valence-corrected chi connectivity index (χ2v) is 6.03. The maximum atomic E-state index is 11.9. The van der Waals surface area contributed by atoms with Crippen LogP contribution in [0.1, 0.15) is 39.1 Å². The van der Waals surface area contributed by atoms with Gasteiger partial charge in [-0.3, -0.25) is 4.79 Å². The summed E-state index contributed by atoms with van der Waals surface area (Å²) >= 11 is 1.79. The summed E-state index contributed by atoms with van der Waals surface area (Å²) in [6.07, 6.45) is 4.25. The van der Waals surface area contributed by atoms with Crippen molar-refractivity contribution in [2.75, 3.05) is 11.5 Å². The van der Waals surface area contributed by atoms with Crippen LogP contribution in [0.4, 0.5) is 0 Å². The lowest BCUT2D eigenvalue weighted by Gasteiger charge is -2.22. The minimum atomic E-state index is -0.0101. The van der Waals surface area contributed by atoms with Gasteiger partial charge in [0.2, 0.25) is 5.91 Å². The van der Waals surface area contributed by atoms with Crippen molar-refractivity contribution in [3.63, 3.8) is 0 Å². The van der Waals surface area contributed by atoms with Crippen LogP contribution in [0, 0.1) is 5.92 Å². The largest absolute Gasteiger partial charge is 0.346 e. The van der Waals surface area contributed by atoms with Crippen LogP contribution in [-0.4, -0.2) is 27.0 Å². The number of aromatic nitrogens is 2. The van der Waals surface area contributed by atoms with E-state index in [2.05, 4.69) is 31.1 Å². The monoisotopic (exact) mass is 269 g/mol. The van der Waals surface area contributed by atoms with E-state index in [4.69, 9.17) is 0 Å². The average Bonchev–Trinajstić information content (AvgIpc) is 2.72. The number of amides is 1. The summed E-state index contributed by atoms with van der Waals surface area (Å²) in [6, 6.07) is -0.0101. The Hall–Kier alpha value is -0.970. The fourth-order valence-electron chi connectivity index (χ4n) is 1.76. The number of aryl methyl sites for hydroxylation is 1. The molecule has 0 fully saturated rings. The highest BCUT2D eigenvalue weighted by atomic mass is 32.2. The summed E-state index contributed by atoms with van der Waals surface area (Å²) in [5.74, 6) is 3.29. The van der Waals surface area contributed by atoms with Crippen LogP contribution >= 0.6 is 11.8 Å². The molecule has 1 amide bonds. The zero-order chi connectivity index (χ0) is 13.5. The number of carbonyl (C=O) groups is 1. The highest BCUT2D eigenvalue weighted by molar-refractivity contribution is 7.99. The van der Waals surface area contributed by atoms with Gasteiger partial charge in [0.15, 0.2) is 0 Å². The molecule has 0 spiro atoms. The number of hydrogen-bond acceptors (Lipinski definition) is 3. The summed E-state index contributed by atoms with van der Waals surface area (Å²) in [6.45, 7) is 6.30. The predicted molar refractivity (Wildman–Crippen MR) is 76.5 cm³/mol. The summed E-state index contributed by atoms with van der Waals surface area (Å²) in [4.78, 5) is 16.2. The van der Waals surface area contributed by atoms with Crippen molar-refractivity contribution < 1.29 is 4.79 Å². The zero-order valence-electron chi connectivity index (χ0n) is 11.6. The number of rotatable bonds is 7. The topological polar surface area (TPSA) is 46.9 Å². The Labute approximate surface area is 114 Å². The molecule has 5 heteroatoms. The molecule has 1 atom stereocenters. The first kappa shape index (κ1) is 15.1. The van der Waals surface area contributed by atoms with E-state index in [0.717, 1.165) is 17.3 Å². The number of hydrogen-bond donors (Lipinski definition) is 1. The third-order valence-corrected chi connectivity index (χ3v) is 3.70. The second-order valence-electron chi connectivity index (χ2n) is 4.63. The van der Waals surface area contributed by atoms with Gasteiger partial charge in [-0.2, -0.15) is 11.8 Å². The van der Waals surface area contributed by atoms with Crippen LogP contribution in [0.3, 0.4) is 0 Å². The SMILES string of the molecule is CCSCCC(=O)N[C@H](c1nccn1C)C(C)C. The summed E-state index contributed by atoms with van der Waals surface area (Å²) in [7, 11) is 1.96. The van der Waals surface area contributed by atoms with Gasteiger partial charge in [-0.25, -0.2) is 4.98 Å². The standard InChI is InChI=1S/C13H23N3OS/c1-5-18-9-6-11(17)15-12(10(2)3)13-14-7-8-16(13)4/h7-8,10,12H,5-6,9H2,1-4H3,(H,15,17)/t12-/m0/s1. The van der Waals surface area contributed by atoms with E-state index in [0.29, 0.717) is 12.3 Å². The molecule has 0 aliphatic carbocycles. The fourth-order valence-corrected chi connectivity index (χ4v) is 2.38. The lowest BCUT2D eigenvalue weighted by atomic mass is 10.0. The first-order valence-electron chi connectivity index (χ1n) is 6.40. The molecule has 0 aliphatic heterocycles. The molecule has 1 N–H and O–H groups in total. The van der Waals surface area contributed by atoms with Gasteiger partial charge < -0.3 is 9.88 Å². The Kier molecular flexibility index (Phi) is 6.25. The second kappa shape index (κ2) is 7.46. The lowest BCUT2D eigenvalue weighted by molar-refractivity contribution is -0.121. The molecule has 1 heterocycles. The molecular weight excluding hydrogens is 246 g/mol. The highest BCUT2D eigenvalue weighted by Crippen LogP contribution is 2.19. The molecular formula is C13H23N3OS. The number of nitrogens with zero attached hydrogens (tertiary/aromatic N) is 2. The van der Waals surface area contributed by atoms with Crippen LogP contribution in [0.25, 0.3) is 0 Å². The molecule has 1 rings (SSSR count). The molecule has 1 aromatic heterocycles. The van der Waals surface area contributed by atoms with Gasteiger partial charge in [0.1, 0.15) is 5.82 Å². The normalized spacial score (nSPS) is 12.7. The van der Waals surface area contributed by atoms with Crippen molar-refractivity contribution in [3.05, 3.63) is 18.2 Å². The van der Waals surface area contributed by atoms with E-state index >= 15 is 0 Å². The molecule has 0 radical (unpaired) electrons. The van der Waals surface area contributed by atoms with E-state index in [9.17, 15) is 4.79 Å². The predicted octanol–water partition coefficient (Wildman–Crippen LogP) is 2.38. The average molecular weight is 269 g/mol. The van der Waals surface area contributed by atoms with Crippen LogP contribution in [-0.2, 0) is 11.8 Å². The minimum absolute atomic E-state index is 0.0101. The quantitative estimate of drug-likeness (QED) is 0.773. The molecule has 0 unspecified atom stereocenters. The van der Waals surface area contributed by atoms with E-state index in [1.165, 1.54) is 0 Å². The Morgan fingerprint density at radius 3 is 2.78 bits per heavy atom. The maximum Gasteiger partial charge on any atom is 0.221 e. The van der Waals surface area contributed by atoms with Gasteiger partial charge >= 0.3 is 0 Å². The molecule has 102 valence electrons. The first-order valence-corrected chi connectivity index (χ1v) is 7.56. The van der Waals surface area contributed by atoms with E-state index < -0.39 is 0 Å². The van der Waals surface area contributed by atoms with E-state index in [-0.39, 0.29) is 11.9 Å². The summed E-state index contributed by atoms with van der Waals surface area (Å²) in [5.41, 5.74) is 0. The van der Waals surface area contributed by atoms with Gasteiger partial charge in [-0.15, -0.1) is 0 Å². The minimum Gasteiger partial charge on any atom is -0.346 e. The van der Waals surface area contributed by atoms with Crippen molar-refractivity contribution in [1.29, 1.82) is 0 Å². The third kappa shape index (κ3) is 4.37. The van der Waals surface area contributed by atoms with Crippen molar-refractivity contribution in [2.24, 2.45) is 13.0 Å². The molecule has 0 saturated heterocycles. The van der Waals surface area contributed by atoms with Gasteiger partial charge in [-0.05, 0) is 11.7 Å². The number of carbonyl (C=O) groups excluding carboxylic acids is 1. The fraction of sp³-hybridized carbons (Fsp3) is 0.692. The van der Waals surface area contributed by atoms with E-state index in [1.54, 1.807) is 18.0 Å². The first-order chi connectivity index (χ1) is 8.56. The van der Waals surface area contributed by atoms with Crippen molar-refractivity contribution in [3.8, 4) is 0 Å². The summed E-state index contributed by atoms with van der Waals surface area (Å²) < 4.78 is 1.96. The van der Waals surface area contributed by atoms with Crippen molar-refractivity contribution in [2.45, 2.75) is 33.2 Å². The van der Waals surface area contributed by atoms with Gasteiger partial charge in [-0.1, -0.05) is 20.8 Å². The molecule has 0 bridgehead atoms. The van der Waals surface area contributed by atoms with Crippen molar-refractivity contribution >= 4 is 17.7 Å². The lowest BCUT2D eigenvalue weighted by Crippen LogP contribution is -2.33. The Morgan fingerprint density at radius 2 is 2.28 bits per heavy atom. The van der Waals surface area contributed by atoms with Crippen LogP contribution in [0.15, 0.2) is 12.4 Å². The molecule has 4 nitrogen and oxygen atoms in total. The number of imidazole rings is 1. The zero-order valence-corrected chi connectivity index (χ0v) is 12.5. The number of thioether (sulfide) groups is 1. The Morgan fingerprint density at radius 1 is 1.56 bits per heavy atom. The molecule has 0 aromatic carbocycles. The Bertz CT molecular complexity index is 376. The third-order valence-electron chi connectivity index (χ3n) is 2.80. The van der Waals surface area contributed by atoms with Gasteiger partial charge in [0.25, 0.3) is 0 Å². The van der Waals surface area contributed by atoms with Crippen LogP contribution < -0.4 is 5.32 Å². The highest BCUT2D eigenvalue weighted by Gasteiger charge is 2.21. The smallest absolute Gasteiger partial charge is 0.221 e. The van der Waals surface area contributed by atoms with Crippen LogP contribution in [0.5, 0.6) is 0 Å². The van der Waals surface area contributed by atoms with Crippen LogP contribution in [0.2, 0.25) is 0 Å². The Balaban J connectivity index is 2.59. The molecule has 18 heavy (non-hydrogen) atoms. The van der Waals surface area contributed by atoms with Gasteiger partial charge in [0.05, 0.1) is 6.04 Å². The van der Waals surface area contributed by atoms with E-state index in [1.807, 2.05) is 17.8 Å².